The van der Waals surface area contributed by atoms with Crippen LogP contribution in [0.4, 0.5) is 0 Å². The maximum Gasteiger partial charge on any atom is 0.115 e. The standard InChI is InChI=1S/2C13H26O4.2C11H22O4.2C2H2.4H2S/c2*1-6-14-11-9(4)17-10(5)12(15-7-2)13(11)16-8-3;2*1-6-14-10-8(3)15-7(2)9(12-4)11(10)13-5;2*1-2;;;;/h2*9-13H,6-8H2,1-5H3;2*7-11H,6H2,1-5H3;2*1-2H;4*1H2/t9-,10-,11-,12-;;7-,8-,9-,10-,11+;;;;;;;/m0.0......./s1. The Hall–Kier alpha value is -0.120. The van der Waals surface area contributed by atoms with Gasteiger partial charge in [-0.05, 0) is 111 Å². The minimum Gasteiger partial charge on any atom is -0.376 e. The van der Waals surface area contributed by atoms with Gasteiger partial charge in [0.1, 0.15) is 73.2 Å². The summed E-state index contributed by atoms with van der Waals surface area (Å²) in [5.74, 6) is 0. The predicted octanol–water partition coefficient (Wildman–Crippen LogP) is 7.43. The Morgan fingerprint density at radius 1 is 0.236 bits per heavy atom. The molecule has 0 aromatic carbocycles. The first kappa shape index (κ1) is 83.2. The van der Waals surface area contributed by atoms with Crippen molar-refractivity contribution in [2.24, 2.45) is 0 Å². The van der Waals surface area contributed by atoms with Gasteiger partial charge in [-0.25, -0.2) is 0 Å². The molecule has 4 fully saturated rings. The molecular weight excluding hydrogens is 1010 g/mol. The van der Waals surface area contributed by atoms with Gasteiger partial charge in [-0.15, -0.1) is 25.7 Å². The first-order chi connectivity index (χ1) is 32.6. The Balaban J connectivity index is -0.000000194. The molecule has 4 aliphatic rings. The molecule has 0 saturated carbocycles. The number of methoxy groups -OCH3 is 4. The highest BCUT2D eigenvalue weighted by atomic mass is 32.1. The van der Waals surface area contributed by atoms with Crippen molar-refractivity contribution in [1.82, 2.24) is 0 Å². The molecule has 0 aliphatic carbocycles. The van der Waals surface area contributed by atoms with Crippen LogP contribution in [0.2, 0.25) is 0 Å². The average molecular weight is 1120 g/mol. The van der Waals surface area contributed by atoms with Gasteiger partial charge in [0.25, 0.3) is 0 Å². The van der Waals surface area contributed by atoms with Crippen LogP contribution in [-0.2, 0) is 75.8 Å². The molecule has 0 bridgehead atoms. The molecule has 0 radical (unpaired) electrons. The lowest BCUT2D eigenvalue weighted by molar-refractivity contribution is -0.247. The number of hydrogen-bond donors (Lipinski definition) is 0. The van der Waals surface area contributed by atoms with Gasteiger partial charge in [0.15, 0.2) is 0 Å². The van der Waals surface area contributed by atoms with Crippen LogP contribution in [0, 0.1) is 25.7 Å². The molecule has 72 heavy (non-hydrogen) atoms. The highest BCUT2D eigenvalue weighted by Gasteiger charge is 2.47. The van der Waals surface area contributed by atoms with Crippen molar-refractivity contribution >= 4 is 54.0 Å². The van der Waals surface area contributed by atoms with E-state index in [0.29, 0.717) is 52.9 Å². The lowest BCUT2D eigenvalue weighted by Gasteiger charge is -2.44. The Labute approximate surface area is 467 Å². The molecule has 9 unspecified atom stereocenters. The Morgan fingerprint density at radius 3 is 0.500 bits per heavy atom. The summed E-state index contributed by atoms with van der Waals surface area (Å²) in [6.45, 7) is 37.3. The fraction of sp³-hybridized carbons (Fsp3) is 0.923. The van der Waals surface area contributed by atoms with Crippen molar-refractivity contribution in [3.05, 3.63) is 0 Å². The summed E-state index contributed by atoms with van der Waals surface area (Å²) in [6.07, 6.45) is 15.7. The molecule has 4 rings (SSSR count). The molecular formula is C52H108O16S4. The van der Waals surface area contributed by atoms with Crippen LogP contribution in [0.5, 0.6) is 0 Å². The molecule has 16 nitrogen and oxygen atoms in total. The molecule has 4 aliphatic heterocycles. The minimum atomic E-state index is -0.0669. The third-order valence-electron chi connectivity index (χ3n) is 12.0. The van der Waals surface area contributed by atoms with Gasteiger partial charge in [0.05, 0.1) is 48.8 Å². The normalized spacial score (nSPS) is 35.6. The van der Waals surface area contributed by atoms with E-state index in [1.54, 1.807) is 28.4 Å². The first-order valence-electron chi connectivity index (χ1n) is 24.9. The number of hydrogen-bond acceptors (Lipinski definition) is 16. The average Bonchev–Trinajstić information content (AvgIpc) is 3.32. The van der Waals surface area contributed by atoms with Gasteiger partial charge in [0, 0.05) is 81.3 Å². The smallest absolute Gasteiger partial charge is 0.115 e. The largest absolute Gasteiger partial charge is 0.376 e. The topological polar surface area (TPSA) is 148 Å². The van der Waals surface area contributed by atoms with Crippen molar-refractivity contribution < 1.29 is 75.8 Å². The summed E-state index contributed by atoms with van der Waals surface area (Å²) >= 11 is 0. The van der Waals surface area contributed by atoms with Crippen LogP contribution < -0.4 is 0 Å². The summed E-state index contributed by atoms with van der Waals surface area (Å²) in [5.41, 5.74) is 0. The van der Waals surface area contributed by atoms with Crippen LogP contribution in [0.1, 0.15) is 111 Å². The summed E-state index contributed by atoms with van der Waals surface area (Å²) < 4.78 is 91.0. The summed E-state index contributed by atoms with van der Waals surface area (Å²) in [7, 11) is 6.73. The van der Waals surface area contributed by atoms with E-state index in [9.17, 15) is 0 Å². The van der Waals surface area contributed by atoms with Gasteiger partial charge in [-0.1, -0.05) is 0 Å². The maximum atomic E-state index is 5.86. The maximum absolute atomic E-state index is 5.86. The second-order valence-electron chi connectivity index (χ2n) is 16.3. The Morgan fingerprint density at radius 2 is 0.361 bits per heavy atom. The minimum absolute atomic E-state index is 0. The summed E-state index contributed by atoms with van der Waals surface area (Å²) in [6, 6.07) is 0. The molecule has 0 aromatic heterocycles. The zero-order chi connectivity index (χ0) is 52.5. The molecule has 0 amide bonds. The number of terminal acetylenes is 2. The Kier molecular flexibility index (Phi) is 56.8. The molecule has 20 heteroatoms. The van der Waals surface area contributed by atoms with Crippen LogP contribution >= 0.6 is 54.0 Å². The van der Waals surface area contributed by atoms with E-state index < -0.39 is 0 Å². The SMILES string of the molecule is C#C.C#C.CCOC1C(C)OC(C)C(OC)C1OC.CCOC1C(C)OC(C)C(OCC)C1OCC.CCOC1[C@@H](OCC)[C@H](C)O[C@@H](C)[C@@H]1OCC.CCO[C@@H]1[C@H](OC)[C@@H](OC)[C@H](C)O[C@H]1C.S.S.S.S. The third-order valence-corrected chi connectivity index (χ3v) is 12.0. The second-order valence-corrected chi connectivity index (χ2v) is 16.3. The van der Waals surface area contributed by atoms with E-state index in [1.807, 2.05) is 111 Å². The molecule has 4 heterocycles. The van der Waals surface area contributed by atoms with E-state index in [2.05, 4.69) is 25.7 Å². The number of rotatable bonds is 20. The van der Waals surface area contributed by atoms with Crippen LogP contribution in [0.15, 0.2) is 0 Å². The van der Waals surface area contributed by atoms with Gasteiger partial charge >= 0.3 is 0 Å². The van der Waals surface area contributed by atoms with Crippen molar-refractivity contribution in [3.8, 4) is 25.7 Å². The quantitative estimate of drug-likeness (QED) is 0.111. The molecule has 0 spiro atoms. The molecule has 4 saturated heterocycles. The zero-order valence-corrected chi connectivity index (χ0v) is 52.0. The van der Waals surface area contributed by atoms with E-state index >= 15 is 0 Å². The first-order valence-corrected chi connectivity index (χ1v) is 24.9. The fourth-order valence-electron chi connectivity index (χ4n) is 9.35. The lowest BCUT2D eigenvalue weighted by atomic mass is 9.95. The van der Waals surface area contributed by atoms with Gasteiger partial charge in [-0.3, -0.25) is 0 Å². The highest BCUT2D eigenvalue weighted by molar-refractivity contribution is 7.59. The van der Waals surface area contributed by atoms with Crippen LogP contribution in [0.25, 0.3) is 0 Å². The number of ether oxygens (including phenoxy) is 16. The summed E-state index contributed by atoms with van der Waals surface area (Å²) in [5, 5.41) is 0. The van der Waals surface area contributed by atoms with Crippen molar-refractivity contribution in [1.29, 1.82) is 0 Å². The molecule has 18 atom stereocenters. The monoisotopic (exact) mass is 1120 g/mol. The van der Waals surface area contributed by atoms with E-state index in [1.165, 1.54) is 0 Å². The van der Waals surface area contributed by atoms with Crippen molar-refractivity contribution in [2.75, 3.05) is 81.3 Å². The fourth-order valence-corrected chi connectivity index (χ4v) is 9.35. The lowest BCUT2D eigenvalue weighted by Crippen LogP contribution is -2.58. The van der Waals surface area contributed by atoms with Crippen molar-refractivity contribution in [3.63, 3.8) is 0 Å². The zero-order valence-electron chi connectivity index (χ0n) is 48.0. The third kappa shape index (κ3) is 26.5. The van der Waals surface area contributed by atoms with Gasteiger partial charge < -0.3 is 75.8 Å². The van der Waals surface area contributed by atoms with Crippen molar-refractivity contribution in [2.45, 2.75) is 233 Å². The van der Waals surface area contributed by atoms with E-state index in [0.717, 1.165) is 0 Å². The summed E-state index contributed by atoms with van der Waals surface area (Å²) in [4.78, 5) is 0. The van der Waals surface area contributed by atoms with E-state index in [-0.39, 0.29) is 176 Å². The van der Waals surface area contributed by atoms with Crippen LogP contribution in [-0.4, -0.2) is 203 Å². The Bertz CT molecular complexity index is 1110. The van der Waals surface area contributed by atoms with Gasteiger partial charge in [0.2, 0.25) is 0 Å². The molecule has 436 valence electrons. The molecule has 0 N–H and O–H groups in total. The second kappa shape index (κ2) is 49.2. The predicted molar refractivity (Wildman–Crippen MR) is 308 cm³/mol. The molecule has 0 aromatic rings. The highest BCUT2D eigenvalue weighted by Crippen LogP contribution is 2.31. The van der Waals surface area contributed by atoms with Gasteiger partial charge in [-0.2, -0.15) is 54.0 Å². The van der Waals surface area contributed by atoms with E-state index in [4.69, 9.17) is 75.8 Å². The van der Waals surface area contributed by atoms with Crippen LogP contribution in [0.3, 0.4) is 0 Å².